The largest absolute Gasteiger partial charge is 0.373 e. The van der Waals surface area contributed by atoms with Gasteiger partial charge in [0.25, 0.3) is 0 Å². The molecule has 0 bridgehead atoms. The van der Waals surface area contributed by atoms with Crippen LogP contribution in [0.2, 0.25) is 0 Å². The van der Waals surface area contributed by atoms with Gasteiger partial charge < -0.3 is 10.1 Å². The maximum absolute atomic E-state index is 5.63. The highest BCUT2D eigenvalue weighted by atomic mass is 79.9. The van der Waals surface area contributed by atoms with Crippen molar-refractivity contribution in [3.63, 3.8) is 0 Å². The first-order valence-electron chi connectivity index (χ1n) is 7.23. The Morgan fingerprint density at radius 2 is 2.00 bits per heavy atom. The van der Waals surface area contributed by atoms with E-state index in [1.807, 2.05) is 0 Å². The Morgan fingerprint density at radius 3 is 2.45 bits per heavy atom. The second-order valence-corrected chi connectivity index (χ2v) is 7.16. The van der Waals surface area contributed by atoms with E-state index < -0.39 is 0 Å². The molecule has 1 heterocycles. The highest BCUT2D eigenvalue weighted by molar-refractivity contribution is 9.10. The smallest absolute Gasteiger partial charge is 0.160 e. The van der Waals surface area contributed by atoms with E-state index in [1.54, 1.807) is 7.11 Å². The summed E-state index contributed by atoms with van der Waals surface area (Å²) in [4.78, 5) is 9.47. The first-order chi connectivity index (χ1) is 9.38. The highest BCUT2D eigenvalue weighted by Crippen LogP contribution is 2.43. The number of halogens is 1. The van der Waals surface area contributed by atoms with E-state index in [4.69, 9.17) is 9.72 Å². The SMILES string of the molecule is CCNc1nc(C(OC)C2CC2)nc(C(C)(C)C)c1Br. The fraction of sp³-hybridized carbons (Fsp3) is 0.733. The van der Waals surface area contributed by atoms with E-state index in [0.717, 1.165) is 28.4 Å². The minimum Gasteiger partial charge on any atom is -0.373 e. The predicted molar refractivity (Wildman–Crippen MR) is 85.1 cm³/mol. The Balaban J connectivity index is 2.48. The van der Waals surface area contributed by atoms with Crippen LogP contribution in [-0.2, 0) is 10.2 Å². The van der Waals surface area contributed by atoms with Crippen molar-refractivity contribution in [1.29, 1.82) is 0 Å². The molecule has 1 unspecified atom stereocenters. The molecule has 2 rings (SSSR count). The van der Waals surface area contributed by atoms with Gasteiger partial charge in [-0.15, -0.1) is 0 Å². The molecule has 5 heteroatoms. The molecule has 4 nitrogen and oxygen atoms in total. The minimum atomic E-state index is -0.0391. The monoisotopic (exact) mass is 341 g/mol. The molecule has 1 aromatic heterocycles. The summed E-state index contributed by atoms with van der Waals surface area (Å²) in [5, 5.41) is 3.31. The van der Waals surface area contributed by atoms with Gasteiger partial charge in [-0.3, -0.25) is 0 Å². The molecule has 1 N–H and O–H groups in total. The van der Waals surface area contributed by atoms with Crippen molar-refractivity contribution in [3.05, 3.63) is 16.0 Å². The third-order valence-electron chi connectivity index (χ3n) is 3.48. The molecule has 1 atom stereocenters. The molecule has 1 aliphatic rings. The molecule has 0 aromatic carbocycles. The van der Waals surface area contributed by atoms with Crippen LogP contribution >= 0.6 is 15.9 Å². The van der Waals surface area contributed by atoms with Gasteiger partial charge in [-0.2, -0.15) is 0 Å². The topological polar surface area (TPSA) is 47.0 Å². The molecule has 1 fully saturated rings. The van der Waals surface area contributed by atoms with Crippen molar-refractivity contribution in [2.45, 2.75) is 52.1 Å². The van der Waals surface area contributed by atoms with Crippen molar-refractivity contribution < 1.29 is 4.74 Å². The van der Waals surface area contributed by atoms with Gasteiger partial charge in [0.1, 0.15) is 11.9 Å². The molecule has 0 spiro atoms. The molecule has 0 amide bonds. The zero-order chi connectivity index (χ0) is 14.9. The molecule has 20 heavy (non-hydrogen) atoms. The van der Waals surface area contributed by atoms with Crippen LogP contribution in [0.3, 0.4) is 0 Å². The Bertz CT molecular complexity index is 481. The van der Waals surface area contributed by atoms with E-state index in [1.165, 1.54) is 12.8 Å². The molecule has 1 saturated carbocycles. The third kappa shape index (κ3) is 3.31. The van der Waals surface area contributed by atoms with E-state index in [0.29, 0.717) is 5.92 Å². The van der Waals surface area contributed by atoms with Crippen LogP contribution < -0.4 is 5.32 Å². The summed E-state index contributed by atoms with van der Waals surface area (Å²) >= 11 is 3.65. The van der Waals surface area contributed by atoms with Crippen molar-refractivity contribution in [2.75, 3.05) is 19.0 Å². The summed E-state index contributed by atoms with van der Waals surface area (Å²) in [7, 11) is 1.75. The summed E-state index contributed by atoms with van der Waals surface area (Å²) < 4.78 is 6.59. The number of rotatable bonds is 5. The molecular formula is C15H24BrN3O. The molecule has 112 valence electrons. The van der Waals surface area contributed by atoms with E-state index >= 15 is 0 Å². The standard InChI is InChI=1S/C15H24BrN3O/c1-6-17-13-10(16)12(15(2,3)4)18-14(19-13)11(20-5)9-7-8-9/h9,11H,6-8H2,1-5H3,(H,17,18,19). The highest BCUT2D eigenvalue weighted by Gasteiger charge is 2.36. The number of ether oxygens (including phenoxy) is 1. The first kappa shape index (κ1) is 15.7. The summed E-state index contributed by atoms with van der Waals surface area (Å²) in [5.41, 5.74) is 0.990. The lowest BCUT2D eigenvalue weighted by atomic mass is 9.91. The fourth-order valence-electron chi connectivity index (χ4n) is 2.28. The lowest BCUT2D eigenvalue weighted by molar-refractivity contribution is 0.0769. The summed E-state index contributed by atoms with van der Waals surface area (Å²) in [6.45, 7) is 9.40. The predicted octanol–water partition coefficient (Wildman–Crippen LogP) is 4.07. The van der Waals surface area contributed by atoms with Gasteiger partial charge in [-0.1, -0.05) is 20.8 Å². The Morgan fingerprint density at radius 1 is 1.35 bits per heavy atom. The Hall–Kier alpha value is -0.680. The van der Waals surface area contributed by atoms with Gasteiger partial charge >= 0.3 is 0 Å². The average Bonchev–Trinajstić information content (AvgIpc) is 3.17. The second kappa shape index (κ2) is 5.98. The molecule has 0 aliphatic heterocycles. The van der Waals surface area contributed by atoms with Gasteiger partial charge in [0.15, 0.2) is 5.82 Å². The van der Waals surface area contributed by atoms with Gasteiger partial charge in [0.2, 0.25) is 0 Å². The van der Waals surface area contributed by atoms with Crippen LogP contribution in [0, 0.1) is 5.92 Å². The summed E-state index contributed by atoms with van der Waals surface area (Å²) in [6, 6.07) is 0. The van der Waals surface area contributed by atoms with E-state index in [9.17, 15) is 0 Å². The number of hydrogen-bond donors (Lipinski definition) is 1. The number of nitrogens with one attached hydrogen (secondary N) is 1. The van der Waals surface area contributed by atoms with Crippen molar-refractivity contribution >= 4 is 21.7 Å². The third-order valence-corrected chi connectivity index (χ3v) is 4.23. The lowest BCUT2D eigenvalue weighted by Gasteiger charge is -2.24. The van der Waals surface area contributed by atoms with Crippen LogP contribution in [0.4, 0.5) is 5.82 Å². The van der Waals surface area contributed by atoms with Crippen LogP contribution in [-0.4, -0.2) is 23.6 Å². The van der Waals surface area contributed by atoms with E-state index in [2.05, 4.69) is 53.9 Å². The summed E-state index contributed by atoms with van der Waals surface area (Å²) in [6.07, 6.45) is 2.43. The van der Waals surface area contributed by atoms with Gasteiger partial charge in [-0.25, -0.2) is 9.97 Å². The maximum atomic E-state index is 5.63. The van der Waals surface area contributed by atoms with Crippen LogP contribution in [0.15, 0.2) is 4.47 Å². The molecule has 1 aliphatic carbocycles. The van der Waals surface area contributed by atoms with Gasteiger partial charge in [-0.05, 0) is 41.6 Å². The quantitative estimate of drug-likeness (QED) is 0.876. The average molecular weight is 342 g/mol. The molecule has 0 radical (unpaired) electrons. The van der Waals surface area contributed by atoms with E-state index in [-0.39, 0.29) is 11.5 Å². The zero-order valence-corrected chi connectivity index (χ0v) is 14.5. The van der Waals surface area contributed by atoms with Crippen molar-refractivity contribution in [3.8, 4) is 0 Å². The Kier molecular flexibility index (Phi) is 4.69. The van der Waals surface area contributed by atoms with Crippen LogP contribution in [0.5, 0.6) is 0 Å². The van der Waals surface area contributed by atoms with Crippen LogP contribution in [0.25, 0.3) is 0 Å². The van der Waals surface area contributed by atoms with Crippen LogP contribution in [0.1, 0.15) is 58.2 Å². The number of anilines is 1. The molecule has 0 saturated heterocycles. The second-order valence-electron chi connectivity index (χ2n) is 6.37. The lowest BCUT2D eigenvalue weighted by Crippen LogP contribution is -2.20. The normalized spacial score (nSPS) is 17.1. The summed E-state index contributed by atoms with van der Waals surface area (Å²) in [5.74, 6) is 2.24. The van der Waals surface area contributed by atoms with Gasteiger partial charge in [0, 0.05) is 19.1 Å². The maximum Gasteiger partial charge on any atom is 0.160 e. The fourth-order valence-corrected chi connectivity index (χ4v) is 3.19. The van der Waals surface area contributed by atoms with Gasteiger partial charge in [0.05, 0.1) is 10.2 Å². The number of methoxy groups -OCH3 is 1. The number of hydrogen-bond acceptors (Lipinski definition) is 4. The van der Waals surface area contributed by atoms with Crippen molar-refractivity contribution in [2.24, 2.45) is 5.92 Å². The molecular weight excluding hydrogens is 318 g/mol. The minimum absolute atomic E-state index is 0.0154. The first-order valence-corrected chi connectivity index (χ1v) is 8.02. The number of aromatic nitrogens is 2. The molecule has 1 aromatic rings. The number of nitrogens with zero attached hydrogens (tertiary/aromatic N) is 2. The zero-order valence-electron chi connectivity index (χ0n) is 13.0. The Labute approximate surface area is 129 Å². The van der Waals surface area contributed by atoms with Crippen molar-refractivity contribution in [1.82, 2.24) is 9.97 Å².